The van der Waals surface area contributed by atoms with Gasteiger partial charge in [0, 0.05) is 23.5 Å². The van der Waals surface area contributed by atoms with Gasteiger partial charge in [0.05, 0.1) is 11.4 Å². The predicted octanol–water partition coefficient (Wildman–Crippen LogP) is 4.76. The first-order valence-corrected chi connectivity index (χ1v) is 8.05. The standard InChI is InChI=1S/C17H22ClN3/c1-12-8-13(2)10-15(9-12)20-16-11-14(18)4-5-17(16)21-7-3-6-19-21/h3-7,11-13,15,20H,8-10H2,1-2H3. The lowest BCUT2D eigenvalue weighted by Gasteiger charge is -2.33. The van der Waals surface area contributed by atoms with Crippen LogP contribution < -0.4 is 5.32 Å². The molecule has 0 saturated heterocycles. The molecule has 2 aromatic rings. The molecule has 1 saturated carbocycles. The molecule has 21 heavy (non-hydrogen) atoms. The normalized spacial score (nSPS) is 25.8. The number of rotatable bonds is 3. The molecule has 3 nitrogen and oxygen atoms in total. The van der Waals surface area contributed by atoms with Crippen LogP contribution in [0.5, 0.6) is 0 Å². The summed E-state index contributed by atoms with van der Waals surface area (Å²) in [7, 11) is 0. The van der Waals surface area contributed by atoms with E-state index in [2.05, 4.69) is 24.3 Å². The van der Waals surface area contributed by atoms with Crippen molar-refractivity contribution in [2.75, 3.05) is 5.32 Å². The summed E-state index contributed by atoms with van der Waals surface area (Å²) in [5, 5.41) is 8.78. The summed E-state index contributed by atoms with van der Waals surface area (Å²) >= 11 is 6.18. The van der Waals surface area contributed by atoms with Crippen molar-refractivity contribution in [2.45, 2.75) is 39.2 Å². The van der Waals surface area contributed by atoms with Gasteiger partial charge in [-0.15, -0.1) is 0 Å². The van der Waals surface area contributed by atoms with Crippen molar-refractivity contribution >= 4 is 17.3 Å². The molecular weight excluding hydrogens is 282 g/mol. The Kier molecular flexibility index (Phi) is 4.20. The van der Waals surface area contributed by atoms with E-state index >= 15 is 0 Å². The van der Waals surface area contributed by atoms with E-state index in [9.17, 15) is 0 Å². The van der Waals surface area contributed by atoms with E-state index in [1.165, 1.54) is 19.3 Å². The van der Waals surface area contributed by atoms with Gasteiger partial charge in [0.25, 0.3) is 0 Å². The second kappa shape index (κ2) is 6.10. The fraction of sp³-hybridized carbons (Fsp3) is 0.471. The van der Waals surface area contributed by atoms with Crippen LogP contribution >= 0.6 is 11.6 Å². The number of hydrogen-bond donors (Lipinski definition) is 1. The number of halogens is 1. The van der Waals surface area contributed by atoms with Crippen molar-refractivity contribution in [1.29, 1.82) is 0 Å². The number of benzene rings is 1. The molecule has 2 unspecified atom stereocenters. The second-order valence-corrected chi connectivity index (χ2v) is 6.81. The van der Waals surface area contributed by atoms with Crippen LogP contribution in [0.15, 0.2) is 36.7 Å². The van der Waals surface area contributed by atoms with Gasteiger partial charge in [-0.3, -0.25) is 0 Å². The third kappa shape index (κ3) is 3.41. The molecule has 0 bridgehead atoms. The Labute approximate surface area is 131 Å². The Hall–Kier alpha value is -1.48. The summed E-state index contributed by atoms with van der Waals surface area (Å²) in [5.41, 5.74) is 2.12. The van der Waals surface area contributed by atoms with Gasteiger partial charge >= 0.3 is 0 Å². The first-order valence-electron chi connectivity index (χ1n) is 7.68. The van der Waals surface area contributed by atoms with Crippen molar-refractivity contribution in [2.24, 2.45) is 11.8 Å². The molecule has 1 fully saturated rings. The highest BCUT2D eigenvalue weighted by molar-refractivity contribution is 6.31. The SMILES string of the molecule is CC1CC(C)CC(Nc2cc(Cl)ccc2-n2cccn2)C1. The van der Waals surface area contributed by atoms with Crippen molar-refractivity contribution in [1.82, 2.24) is 9.78 Å². The number of nitrogens with one attached hydrogen (secondary N) is 1. The summed E-state index contributed by atoms with van der Waals surface area (Å²) in [6.45, 7) is 4.69. The number of hydrogen-bond acceptors (Lipinski definition) is 2. The fourth-order valence-corrected chi connectivity index (χ4v) is 3.69. The van der Waals surface area contributed by atoms with Crippen LogP contribution in [0.3, 0.4) is 0 Å². The zero-order valence-corrected chi connectivity index (χ0v) is 13.3. The van der Waals surface area contributed by atoms with Gasteiger partial charge in [0.1, 0.15) is 0 Å². The van der Waals surface area contributed by atoms with E-state index in [0.29, 0.717) is 6.04 Å². The highest BCUT2D eigenvalue weighted by atomic mass is 35.5. The highest BCUT2D eigenvalue weighted by Gasteiger charge is 2.24. The molecule has 1 aliphatic rings. The molecule has 3 rings (SSSR count). The van der Waals surface area contributed by atoms with Gasteiger partial charge in [0.2, 0.25) is 0 Å². The van der Waals surface area contributed by atoms with E-state index in [1.54, 1.807) is 6.20 Å². The lowest BCUT2D eigenvalue weighted by atomic mass is 9.80. The molecular formula is C17H22ClN3. The highest BCUT2D eigenvalue weighted by Crippen LogP contribution is 2.32. The van der Waals surface area contributed by atoms with Gasteiger partial charge in [-0.05, 0) is 55.4 Å². The van der Waals surface area contributed by atoms with Crippen LogP contribution in [-0.2, 0) is 0 Å². The fourth-order valence-electron chi connectivity index (χ4n) is 3.52. The number of anilines is 1. The maximum Gasteiger partial charge on any atom is 0.0877 e. The lowest BCUT2D eigenvalue weighted by molar-refractivity contribution is 0.281. The molecule has 1 aromatic carbocycles. The van der Waals surface area contributed by atoms with Gasteiger partial charge in [-0.25, -0.2) is 4.68 Å². The van der Waals surface area contributed by atoms with Crippen molar-refractivity contribution in [3.8, 4) is 5.69 Å². The minimum Gasteiger partial charge on any atom is -0.381 e. The monoisotopic (exact) mass is 303 g/mol. The molecule has 0 aliphatic heterocycles. The quantitative estimate of drug-likeness (QED) is 0.885. The molecule has 1 aromatic heterocycles. The molecule has 0 amide bonds. The zero-order valence-electron chi connectivity index (χ0n) is 12.6. The minimum absolute atomic E-state index is 0.511. The smallest absolute Gasteiger partial charge is 0.0877 e. The van der Waals surface area contributed by atoms with Gasteiger partial charge in [-0.2, -0.15) is 5.10 Å². The molecule has 0 spiro atoms. The van der Waals surface area contributed by atoms with Gasteiger partial charge < -0.3 is 5.32 Å². The Balaban J connectivity index is 1.86. The molecule has 4 heteroatoms. The first kappa shape index (κ1) is 14.5. The molecule has 0 radical (unpaired) electrons. The van der Waals surface area contributed by atoms with Crippen LogP contribution in [0.4, 0.5) is 5.69 Å². The van der Waals surface area contributed by atoms with Gasteiger partial charge in [0.15, 0.2) is 0 Å². The topological polar surface area (TPSA) is 29.9 Å². The Morgan fingerprint density at radius 2 is 1.95 bits per heavy atom. The van der Waals surface area contributed by atoms with Crippen LogP contribution in [0, 0.1) is 11.8 Å². The maximum absolute atomic E-state index is 6.18. The summed E-state index contributed by atoms with van der Waals surface area (Å²) in [6.07, 6.45) is 7.52. The van der Waals surface area contributed by atoms with Crippen molar-refractivity contribution in [3.05, 3.63) is 41.7 Å². The second-order valence-electron chi connectivity index (χ2n) is 6.37. The molecule has 112 valence electrons. The van der Waals surface area contributed by atoms with Crippen LogP contribution in [0.2, 0.25) is 5.02 Å². The summed E-state index contributed by atoms with van der Waals surface area (Å²) < 4.78 is 1.88. The zero-order chi connectivity index (χ0) is 14.8. The summed E-state index contributed by atoms with van der Waals surface area (Å²) in [6, 6.07) is 8.38. The van der Waals surface area contributed by atoms with Crippen LogP contribution in [-0.4, -0.2) is 15.8 Å². The maximum atomic E-state index is 6.18. The molecule has 2 atom stereocenters. The van der Waals surface area contributed by atoms with E-state index in [0.717, 1.165) is 28.2 Å². The Morgan fingerprint density at radius 1 is 1.19 bits per heavy atom. The van der Waals surface area contributed by atoms with Crippen molar-refractivity contribution < 1.29 is 0 Å². The van der Waals surface area contributed by atoms with E-state index < -0.39 is 0 Å². The minimum atomic E-state index is 0.511. The molecule has 1 aliphatic carbocycles. The van der Waals surface area contributed by atoms with Crippen LogP contribution in [0.1, 0.15) is 33.1 Å². The van der Waals surface area contributed by atoms with Gasteiger partial charge in [-0.1, -0.05) is 25.4 Å². The Morgan fingerprint density at radius 3 is 2.62 bits per heavy atom. The first-order chi connectivity index (χ1) is 10.1. The summed E-state index contributed by atoms with van der Waals surface area (Å²) in [5.74, 6) is 1.55. The summed E-state index contributed by atoms with van der Waals surface area (Å²) in [4.78, 5) is 0. The average molecular weight is 304 g/mol. The van der Waals surface area contributed by atoms with E-state index in [1.807, 2.05) is 35.1 Å². The van der Waals surface area contributed by atoms with Crippen molar-refractivity contribution in [3.63, 3.8) is 0 Å². The lowest BCUT2D eigenvalue weighted by Crippen LogP contribution is -2.30. The van der Waals surface area contributed by atoms with E-state index in [4.69, 9.17) is 11.6 Å². The number of nitrogens with zero attached hydrogens (tertiary/aromatic N) is 2. The third-order valence-corrected chi connectivity index (χ3v) is 4.48. The number of aromatic nitrogens is 2. The Bertz CT molecular complexity index is 584. The van der Waals surface area contributed by atoms with E-state index in [-0.39, 0.29) is 0 Å². The largest absolute Gasteiger partial charge is 0.381 e. The van der Waals surface area contributed by atoms with Crippen LogP contribution in [0.25, 0.3) is 5.69 Å². The third-order valence-electron chi connectivity index (χ3n) is 4.25. The molecule has 1 N–H and O–H groups in total. The molecule has 1 heterocycles. The average Bonchev–Trinajstić information content (AvgIpc) is 2.91. The predicted molar refractivity (Wildman–Crippen MR) is 88.2 cm³/mol.